The summed E-state index contributed by atoms with van der Waals surface area (Å²) in [4.78, 5) is 11.4. The van der Waals surface area contributed by atoms with Crippen LogP contribution in [-0.2, 0) is 13.1 Å². The van der Waals surface area contributed by atoms with Gasteiger partial charge < -0.3 is 4.98 Å². The maximum Gasteiger partial charge on any atom is 0.120 e. The molecular weight excluding hydrogens is 242 g/mol. The molecule has 4 heteroatoms. The van der Waals surface area contributed by atoms with Crippen molar-refractivity contribution in [2.24, 2.45) is 5.92 Å². The largest absolute Gasteiger partial charge is 0.348 e. The fraction of sp³-hybridized carbons (Fsp3) is 0.500. The van der Waals surface area contributed by atoms with Crippen LogP contribution in [0, 0.1) is 12.8 Å². The van der Waals surface area contributed by atoms with Crippen LogP contribution in [0.25, 0.3) is 0 Å². The van der Waals surface area contributed by atoms with Crippen molar-refractivity contribution in [2.75, 3.05) is 6.54 Å². The first-order valence-corrected chi connectivity index (χ1v) is 7.26. The van der Waals surface area contributed by atoms with E-state index in [0.29, 0.717) is 5.92 Å². The van der Waals surface area contributed by atoms with Crippen molar-refractivity contribution < 1.29 is 0 Å². The van der Waals surface area contributed by atoms with Crippen LogP contribution in [0.1, 0.15) is 30.1 Å². The molecular formula is C14H21N3S. The van der Waals surface area contributed by atoms with Gasteiger partial charge in [0.2, 0.25) is 0 Å². The van der Waals surface area contributed by atoms with Gasteiger partial charge in [-0.05, 0) is 29.9 Å². The van der Waals surface area contributed by atoms with Crippen molar-refractivity contribution in [1.29, 1.82) is 0 Å². The Morgan fingerprint density at radius 2 is 2.22 bits per heavy atom. The number of H-pyrrole nitrogens is 1. The maximum absolute atomic E-state index is 4.32. The second-order valence-electron chi connectivity index (χ2n) is 5.13. The summed E-state index contributed by atoms with van der Waals surface area (Å²) in [6.07, 6.45) is 3.71. The fourth-order valence-corrected chi connectivity index (χ4v) is 3.01. The van der Waals surface area contributed by atoms with Gasteiger partial charge in [-0.2, -0.15) is 0 Å². The number of hydrogen-bond acceptors (Lipinski definition) is 3. The van der Waals surface area contributed by atoms with Crippen LogP contribution in [0.3, 0.4) is 0 Å². The number of thiophene rings is 1. The number of nitrogens with zero attached hydrogens (tertiary/aromatic N) is 2. The zero-order chi connectivity index (χ0) is 13.0. The molecule has 0 aromatic carbocycles. The van der Waals surface area contributed by atoms with Crippen molar-refractivity contribution in [3.8, 4) is 0 Å². The number of rotatable bonds is 6. The second kappa shape index (κ2) is 6.16. The highest BCUT2D eigenvalue weighted by Crippen LogP contribution is 2.19. The standard InChI is InChI=1S/C14H21N3S/c1-11(2)8-17(10-14-15-5-6-16-14)9-13-12(3)4-7-18-13/h4-7,11H,8-10H2,1-3H3,(H,15,16). The van der Waals surface area contributed by atoms with E-state index in [1.165, 1.54) is 10.4 Å². The van der Waals surface area contributed by atoms with E-state index in [0.717, 1.165) is 25.5 Å². The van der Waals surface area contributed by atoms with Crippen LogP contribution in [-0.4, -0.2) is 21.4 Å². The first kappa shape index (κ1) is 13.3. The molecule has 0 aliphatic rings. The first-order chi connectivity index (χ1) is 8.65. The lowest BCUT2D eigenvalue weighted by atomic mass is 10.2. The Labute approximate surface area is 113 Å². The van der Waals surface area contributed by atoms with Gasteiger partial charge in [-0.15, -0.1) is 11.3 Å². The Morgan fingerprint density at radius 3 is 2.78 bits per heavy atom. The van der Waals surface area contributed by atoms with Crippen molar-refractivity contribution in [2.45, 2.75) is 33.9 Å². The predicted molar refractivity (Wildman–Crippen MR) is 76.6 cm³/mol. The third-order valence-corrected chi connectivity index (χ3v) is 3.89. The van der Waals surface area contributed by atoms with Gasteiger partial charge >= 0.3 is 0 Å². The number of nitrogens with one attached hydrogen (secondary N) is 1. The zero-order valence-electron chi connectivity index (χ0n) is 11.3. The molecule has 0 unspecified atom stereocenters. The molecule has 0 bridgehead atoms. The van der Waals surface area contributed by atoms with Gasteiger partial charge in [0.15, 0.2) is 0 Å². The SMILES string of the molecule is Cc1ccsc1CN(Cc1ncc[nH]1)CC(C)C. The smallest absolute Gasteiger partial charge is 0.120 e. The summed E-state index contributed by atoms with van der Waals surface area (Å²) in [6, 6.07) is 2.19. The third kappa shape index (κ3) is 3.68. The molecule has 2 heterocycles. The average Bonchev–Trinajstić information content (AvgIpc) is 2.91. The highest BCUT2D eigenvalue weighted by molar-refractivity contribution is 7.10. The van der Waals surface area contributed by atoms with E-state index in [9.17, 15) is 0 Å². The molecule has 18 heavy (non-hydrogen) atoms. The van der Waals surface area contributed by atoms with E-state index in [1.54, 1.807) is 0 Å². The van der Waals surface area contributed by atoms with Crippen LogP contribution in [0.4, 0.5) is 0 Å². The summed E-state index contributed by atoms with van der Waals surface area (Å²) in [7, 11) is 0. The Morgan fingerprint density at radius 1 is 1.39 bits per heavy atom. The lowest BCUT2D eigenvalue weighted by molar-refractivity contribution is 0.224. The molecule has 0 amide bonds. The minimum Gasteiger partial charge on any atom is -0.348 e. The van der Waals surface area contributed by atoms with Gasteiger partial charge in [0.05, 0.1) is 6.54 Å². The summed E-state index contributed by atoms with van der Waals surface area (Å²) >= 11 is 1.85. The van der Waals surface area contributed by atoms with E-state index < -0.39 is 0 Å². The molecule has 2 aromatic rings. The molecule has 98 valence electrons. The topological polar surface area (TPSA) is 31.9 Å². The first-order valence-electron chi connectivity index (χ1n) is 6.38. The van der Waals surface area contributed by atoms with Gasteiger partial charge in [0.1, 0.15) is 5.82 Å². The molecule has 0 radical (unpaired) electrons. The van der Waals surface area contributed by atoms with Gasteiger partial charge in [0.25, 0.3) is 0 Å². The second-order valence-corrected chi connectivity index (χ2v) is 6.13. The van der Waals surface area contributed by atoms with Crippen LogP contribution in [0.15, 0.2) is 23.8 Å². The van der Waals surface area contributed by atoms with Crippen molar-refractivity contribution in [1.82, 2.24) is 14.9 Å². The zero-order valence-corrected chi connectivity index (χ0v) is 12.1. The molecule has 2 rings (SSSR count). The summed E-state index contributed by atoms with van der Waals surface area (Å²) in [5.41, 5.74) is 1.40. The lowest BCUT2D eigenvalue weighted by Gasteiger charge is -2.23. The minimum atomic E-state index is 0.667. The number of aromatic amines is 1. The van der Waals surface area contributed by atoms with Crippen molar-refractivity contribution in [3.05, 3.63) is 40.1 Å². The van der Waals surface area contributed by atoms with Crippen molar-refractivity contribution >= 4 is 11.3 Å². The summed E-state index contributed by atoms with van der Waals surface area (Å²) in [5, 5.41) is 2.17. The monoisotopic (exact) mass is 263 g/mol. The number of hydrogen-bond donors (Lipinski definition) is 1. The summed E-state index contributed by atoms with van der Waals surface area (Å²) < 4.78 is 0. The Kier molecular flexibility index (Phi) is 4.55. The lowest BCUT2D eigenvalue weighted by Crippen LogP contribution is -2.27. The number of aromatic nitrogens is 2. The molecule has 0 fully saturated rings. The van der Waals surface area contributed by atoms with Gasteiger partial charge in [-0.3, -0.25) is 4.90 Å². The minimum absolute atomic E-state index is 0.667. The summed E-state index contributed by atoms with van der Waals surface area (Å²) in [6.45, 7) is 9.71. The maximum atomic E-state index is 4.32. The molecule has 0 saturated carbocycles. The molecule has 0 spiro atoms. The number of aryl methyl sites for hydroxylation is 1. The molecule has 0 saturated heterocycles. The Hall–Kier alpha value is -1.13. The quantitative estimate of drug-likeness (QED) is 0.866. The van der Waals surface area contributed by atoms with Crippen LogP contribution >= 0.6 is 11.3 Å². The van der Waals surface area contributed by atoms with Gasteiger partial charge in [0, 0.05) is 30.4 Å². The van der Waals surface area contributed by atoms with Gasteiger partial charge in [-0.1, -0.05) is 13.8 Å². The van der Waals surface area contributed by atoms with Crippen molar-refractivity contribution in [3.63, 3.8) is 0 Å². The summed E-state index contributed by atoms with van der Waals surface area (Å²) in [5.74, 6) is 1.71. The van der Waals surface area contributed by atoms with E-state index in [4.69, 9.17) is 0 Å². The van der Waals surface area contributed by atoms with E-state index in [2.05, 4.69) is 47.1 Å². The fourth-order valence-electron chi connectivity index (χ4n) is 2.07. The molecule has 3 nitrogen and oxygen atoms in total. The normalized spacial score (nSPS) is 11.6. The molecule has 0 aliphatic heterocycles. The van der Waals surface area contributed by atoms with E-state index in [-0.39, 0.29) is 0 Å². The van der Waals surface area contributed by atoms with E-state index in [1.807, 2.05) is 23.7 Å². The van der Waals surface area contributed by atoms with Crippen LogP contribution < -0.4 is 0 Å². The molecule has 0 atom stereocenters. The highest BCUT2D eigenvalue weighted by atomic mass is 32.1. The Bertz CT molecular complexity index is 459. The van der Waals surface area contributed by atoms with Gasteiger partial charge in [-0.25, -0.2) is 4.98 Å². The molecule has 0 aliphatic carbocycles. The number of imidazole rings is 1. The Balaban J connectivity index is 2.03. The highest BCUT2D eigenvalue weighted by Gasteiger charge is 2.12. The third-order valence-electron chi connectivity index (χ3n) is 2.89. The average molecular weight is 263 g/mol. The predicted octanol–water partition coefficient (Wildman–Crippen LogP) is 3.44. The molecule has 1 N–H and O–H groups in total. The van der Waals surface area contributed by atoms with E-state index >= 15 is 0 Å². The van der Waals surface area contributed by atoms with Crippen LogP contribution in [0.2, 0.25) is 0 Å². The van der Waals surface area contributed by atoms with Crippen LogP contribution in [0.5, 0.6) is 0 Å². The molecule has 2 aromatic heterocycles.